The molecule has 3 heteroatoms. The lowest BCUT2D eigenvalue weighted by Gasteiger charge is -2.16. The molecule has 21 heavy (non-hydrogen) atoms. The van der Waals surface area contributed by atoms with Gasteiger partial charge in [-0.05, 0) is 55.2 Å². The third kappa shape index (κ3) is 5.41. The van der Waals surface area contributed by atoms with Crippen LogP contribution in [0.2, 0.25) is 0 Å². The SMILES string of the molecule is CCC(CC)c1ccc(C(=O)O)c(OCCCC(C)C)c1. The zero-order valence-corrected chi connectivity index (χ0v) is 13.7. The number of carboxylic acid groups (broad SMARTS) is 1. The number of aromatic carboxylic acids is 1. The maximum absolute atomic E-state index is 11.3. The summed E-state index contributed by atoms with van der Waals surface area (Å²) in [5.41, 5.74) is 1.43. The van der Waals surface area contributed by atoms with E-state index in [1.54, 1.807) is 6.07 Å². The van der Waals surface area contributed by atoms with Crippen LogP contribution < -0.4 is 4.74 Å². The van der Waals surface area contributed by atoms with Crippen molar-refractivity contribution in [1.29, 1.82) is 0 Å². The van der Waals surface area contributed by atoms with Crippen molar-refractivity contribution in [1.82, 2.24) is 0 Å². The second-order valence-electron chi connectivity index (χ2n) is 5.96. The van der Waals surface area contributed by atoms with E-state index in [2.05, 4.69) is 27.7 Å². The highest BCUT2D eigenvalue weighted by molar-refractivity contribution is 5.91. The van der Waals surface area contributed by atoms with Gasteiger partial charge in [-0.25, -0.2) is 4.79 Å². The largest absolute Gasteiger partial charge is 0.493 e. The molecule has 0 aliphatic rings. The molecule has 3 nitrogen and oxygen atoms in total. The Morgan fingerprint density at radius 2 is 1.90 bits per heavy atom. The van der Waals surface area contributed by atoms with E-state index in [1.165, 1.54) is 5.56 Å². The normalized spacial score (nSPS) is 11.1. The minimum absolute atomic E-state index is 0.259. The second kappa shape index (κ2) is 8.71. The van der Waals surface area contributed by atoms with E-state index in [0.29, 0.717) is 24.2 Å². The van der Waals surface area contributed by atoms with Crippen molar-refractivity contribution in [3.05, 3.63) is 29.3 Å². The van der Waals surface area contributed by atoms with Gasteiger partial charge in [-0.3, -0.25) is 0 Å². The molecule has 1 aromatic rings. The fraction of sp³-hybridized carbons (Fsp3) is 0.611. The fourth-order valence-corrected chi connectivity index (χ4v) is 2.52. The highest BCUT2D eigenvalue weighted by Gasteiger charge is 2.15. The quantitative estimate of drug-likeness (QED) is 0.644. The minimum atomic E-state index is -0.926. The minimum Gasteiger partial charge on any atom is -0.493 e. The molecule has 0 bridgehead atoms. The van der Waals surface area contributed by atoms with E-state index in [9.17, 15) is 9.90 Å². The molecule has 0 unspecified atom stereocenters. The fourth-order valence-electron chi connectivity index (χ4n) is 2.52. The summed E-state index contributed by atoms with van der Waals surface area (Å²) in [4.78, 5) is 11.3. The van der Waals surface area contributed by atoms with Gasteiger partial charge in [0.15, 0.2) is 0 Å². The molecular weight excluding hydrogens is 264 g/mol. The van der Waals surface area contributed by atoms with Crippen LogP contribution in [0.3, 0.4) is 0 Å². The molecule has 1 rings (SSSR count). The summed E-state index contributed by atoms with van der Waals surface area (Å²) in [6.07, 6.45) is 4.14. The van der Waals surface area contributed by atoms with Gasteiger partial charge in [0.1, 0.15) is 11.3 Å². The summed E-state index contributed by atoms with van der Waals surface area (Å²) < 4.78 is 5.75. The molecule has 0 fully saturated rings. The van der Waals surface area contributed by atoms with E-state index < -0.39 is 5.97 Å². The number of carbonyl (C=O) groups is 1. The molecule has 0 aromatic heterocycles. The average molecular weight is 292 g/mol. The predicted octanol–water partition coefficient (Wildman–Crippen LogP) is 5.10. The first-order chi connectivity index (χ1) is 9.99. The third-order valence-corrected chi connectivity index (χ3v) is 3.88. The van der Waals surface area contributed by atoms with Crippen LogP contribution in [-0.2, 0) is 0 Å². The molecule has 1 aromatic carbocycles. The molecule has 0 aliphatic carbocycles. The van der Waals surface area contributed by atoms with Crippen molar-refractivity contribution in [2.24, 2.45) is 5.92 Å². The zero-order chi connectivity index (χ0) is 15.8. The van der Waals surface area contributed by atoms with Gasteiger partial charge in [0.25, 0.3) is 0 Å². The number of benzene rings is 1. The molecule has 0 saturated carbocycles. The lowest BCUT2D eigenvalue weighted by molar-refractivity contribution is 0.0692. The molecule has 0 heterocycles. The summed E-state index contributed by atoms with van der Waals surface area (Å²) in [6.45, 7) is 9.24. The Bertz CT molecular complexity index is 448. The Labute approximate surface area is 128 Å². The van der Waals surface area contributed by atoms with Crippen molar-refractivity contribution in [2.45, 2.75) is 59.3 Å². The van der Waals surface area contributed by atoms with E-state index in [-0.39, 0.29) is 5.56 Å². The Morgan fingerprint density at radius 1 is 1.24 bits per heavy atom. The third-order valence-electron chi connectivity index (χ3n) is 3.88. The van der Waals surface area contributed by atoms with Gasteiger partial charge < -0.3 is 9.84 Å². The average Bonchev–Trinajstić information content (AvgIpc) is 2.44. The maximum atomic E-state index is 11.3. The van der Waals surface area contributed by atoms with Crippen LogP contribution in [0.15, 0.2) is 18.2 Å². The lowest BCUT2D eigenvalue weighted by Crippen LogP contribution is -2.07. The van der Waals surface area contributed by atoms with Crippen molar-refractivity contribution in [2.75, 3.05) is 6.61 Å². The highest BCUT2D eigenvalue weighted by atomic mass is 16.5. The Kier molecular flexibility index (Phi) is 7.27. The second-order valence-corrected chi connectivity index (χ2v) is 5.96. The van der Waals surface area contributed by atoms with Gasteiger partial charge in [-0.15, -0.1) is 0 Å². The molecule has 0 atom stereocenters. The van der Waals surface area contributed by atoms with Crippen molar-refractivity contribution in [3.8, 4) is 5.75 Å². The van der Waals surface area contributed by atoms with Crippen LogP contribution in [0, 0.1) is 5.92 Å². The van der Waals surface area contributed by atoms with Gasteiger partial charge in [0.2, 0.25) is 0 Å². The van der Waals surface area contributed by atoms with Crippen molar-refractivity contribution >= 4 is 5.97 Å². The lowest BCUT2D eigenvalue weighted by atomic mass is 9.93. The Morgan fingerprint density at radius 3 is 2.43 bits per heavy atom. The predicted molar refractivity (Wildman–Crippen MR) is 86.3 cm³/mol. The molecule has 1 N–H and O–H groups in total. The number of ether oxygens (including phenoxy) is 1. The molecule has 0 radical (unpaired) electrons. The summed E-state index contributed by atoms with van der Waals surface area (Å²) in [5.74, 6) is 0.690. The van der Waals surface area contributed by atoms with E-state index >= 15 is 0 Å². The molecule has 0 spiro atoms. The topological polar surface area (TPSA) is 46.5 Å². The molecule has 0 saturated heterocycles. The van der Waals surface area contributed by atoms with Gasteiger partial charge in [-0.1, -0.05) is 33.8 Å². The first kappa shape index (κ1) is 17.5. The smallest absolute Gasteiger partial charge is 0.339 e. The van der Waals surface area contributed by atoms with Crippen LogP contribution in [0.4, 0.5) is 0 Å². The van der Waals surface area contributed by atoms with Crippen molar-refractivity contribution < 1.29 is 14.6 Å². The zero-order valence-electron chi connectivity index (χ0n) is 13.7. The molecule has 118 valence electrons. The molecule has 0 amide bonds. The van der Waals surface area contributed by atoms with Gasteiger partial charge in [-0.2, -0.15) is 0 Å². The van der Waals surface area contributed by atoms with E-state index in [1.807, 2.05) is 12.1 Å². The van der Waals surface area contributed by atoms with Crippen LogP contribution in [-0.4, -0.2) is 17.7 Å². The summed E-state index contributed by atoms with van der Waals surface area (Å²) in [5, 5.41) is 9.27. The number of hydrogen-bond donors (Lipinski definition) is 1. The van der Waals surface area contributed by atoms with Crippen LogP contribution in [0.25, 0.3) is 0 Å². The van der Waals surface area contributed by atoms with Gasteiger partial charge in [0.05, 0.1) is 6.61 Å². The van der Waals surface area contributed by atoms with E-state index in [0.717, 1.165) is 25.7 Å². The molecular formula is C18H28O3. The number of carboxylic acids is 1. The monoisotopic (exact) mass is 292 g/mol. The Hall–Kier alpha value is -1.51. The number of hydrogen-bond acceptors (Lipinski definition) is 2. The summed E-state index contributed by atoms with van der Waals surface area (Å²) in [7, 11) is 0. The van der Waals surface area contributed by atoms with Crippen LogP contribution in [0.5, 0.6) is 5.75 Å². The number of rotatable bonds is 9. The first-order valence-electron chi connectivity index (χ1n) is 7.99. The van der Waals surface area contributed by atoms with Gasteiger partial charge in [0, 0.05) is 0 Å². The summed E-state index contributed by atoms with van der Waals surface area (Å²) >= 11 is 0. The molecule has 0 aliphatic heterocycles. The standard InChI is InChI=1S/C18H28O3/c1-5-14(6-2)15-9-10-16(18(19)20)17(12-15)21-11-7-8-13(3)4/h9-10,12-14H,5-8,11H2,1-4H3,(H,19,20). The summed E-state index contributed by atoms with van der Waals surface area (Å²) in [6, 6.07) is 5.51. The van der Waals surface area contributed by atoms with Crippen LogP contribution >= 0.6 is 0 Å². The maximum Gasteiger partial charge on any atom is 0.339 e. The highest BCUT2D eigenvalue weighted by Crippen LogP contribution is 2.29. The van der Waals surface area contributed by atoms with Crippen molar-refractivity contribution in [3.63, 3.8) is 0 Å². The van der Waals surface area contributed by atoms with E-state index in [4.69, 9.17) is 4.74 Å². The first-order valence-corrected chi connectivity index (χ1v) is 7.99. The van der Waals surface area contributed by atoms with Crippen LogP contribution in [0.1, 0.15) is 75.2 Å². The Balaban J connectivity index is 2.86. The van der Waals surface area contributed by atoms with Gasteiger partial charge >= 0.3 is 5.97 Å².